The van der Waals surface area contributed by atoms with Crippen LogP contribution < -0.4 is 16.0 Å². The second kappa shape index (κ2) is 6.98. The summed E-state index contributed by atoms with van der Waals surface area (Å²) in [5, 5.41) is 17.7. The minimum Gasteiger partial charge on any atom is -0.478 e. The molecule has 0 radical (unpaired) electrons. The van der Waals surface area contributed by atoms with Crippen molar-refractivity contribution in [3.05, 3.63) is 27.7 Å². The lowest BCUT2D eigenvalue weighted by molar-refractivity contribution is 0.0697. The van der Waals surface area contributed by atoms with Gasteiger partial charge in [0.1, 0.15) is 0 Å². The number of urea groups is 1. The van der Waals surface area contributed by atoms with Crippen LogP contribution in [0.1, 0.15) is 23.2 Å². The summed E-state index contributed by atoms with van der Waals surface area (Å²) in [6.45, 7) is 1.72. The van der Waals surface area contributed by atoms with Crippen LogP contribution in [0.25, 0.3) is 0 Å². The molecule has 1 aromatic carbocycles. The zero-order valence-electron chi connectivity index (χ0n) is 11.1. The van der Waals surface area contributed by atoms with E-state index in [1.165, 1.54) is 12.1 Å². The van der Waals surface area contributed by atoms with E-state index < -0.39 is 12.0 Å². The molecule has 0 spiro atoms. The molecule has 0 aromatic heterocycles. The van der Waals surface area contributed by atoms with Crippen LogP contribution in [0.4, 0.5) is 10.5 Å². The molecule has 1 heterocycles. The highest BCUT2D eigenvalue weighted by Gasteiger charge is 2.18. The molecule has 2 rings (SSSR count). The van der Waals surface area contributed by atoms with Crippen LogP contribution in [0, 0.1) is 0 Å². The van der Waals surface area contributed by atoms with Crippen molar-refractivity contribution in [1.29, 1.82) is 0 Å². The number of aromatic carboxylic acids is 1. The van der Waals surface area contributed by atoms with Crippen LogP contribution in [0.5, 0.6) is 0 Å². The maximum atomic E-state index is 11.9. The topological polar surface area (TPSA) is 90.5 Å². The number of nitrogens with one attached hydrogen (secondary N) is 3. The lowest BCUT2D eigenvalue weighted by Crippen LogP contribution is -2.44. The Morgan fingerprint density at radius 3 is 2.29 bits per heavy atom. The standard InChI is InChI=1S/C13H15Cl2N3O3/c14-9-5-7(12(19)20)6-10(15)11(9)18-13(21)17-8-1-3-16-4-2-8/h5-6,8,16H,1-4H2,(H,19,20)(H2,17,18,21). The highest BCUT2D eigenvalue weighted by Crippen LogP contribution is 2.31. The van der Waals surface area contributed by atoms with Crippen molar-refractivity contribution in [1.82, 2.24) is 10.6 Å². The lowest BCUT2D eigenvalue weighted by Gasteiger charge is -2.24. The molecule has 114 valence electrons. The molecule has 21 heavy (non-hydrogen) atoms. The number of amides is 2. The maximum Gasteiger partial charge on any atom is 0.335 e. The smallest absolute Gasteiger partial charge is 0.335 e. The van der Waals surface area contributed by atoms with Gasteiger partial charge in [0.15, 0.2) is 0 Å². The van der Waals surface area contributed by atoms with E-state index in [1.807, 2.05) is 0 Å². The Morgan fingerprint density at radius 2 is 1.76 bits per heavy atom. The van der Waals surface area contributed by atoms with Gasteiger partial charge in [-0.2, -0.15) is 0 Å². The van der Waals surface area contributed by atoms with Gasteiger partial charge in [-0.3, -0.25) is 0 Å². The van der Waals surface area contributed by atoms with Crippen molar-refractivity contribution in [2.75, 3.05) is 18.4 Å². The first-order chi connectivity index (χ1) is 9.97. The number of piperidine rings is 1. The molecule has 4 N–H and O–H groups in total. The number of halogens is 2. The van der Waals surface area contributed by atoms with Crippen LogP contribution in [0.3, 0.4) is 0 Å². The van der Waals surface area contributed by atoms with E-state index in [-0.39, 0.29) is 27.3 Å². The number of carbonyl (C=O) groups is 2. The molecular formula is C13H15Cl2N3O3. The van der Waals surface area contributed by atoms with Crippen molar-refractivity contribution in [2.45, 2.75) is 18.9 Å². The number of carbonyl (C=O) groups excluding carboxylic acids is 1. The third kappa shape index (κ3) is 4.23. The summed E-state index contributed by atoms with van der Waals surface area (Å²) in [4.78, 5) is 22.8. The summed E-state index contributed by atoms with van der Waals surface area (Å²) in [7, 11) is 0. The van der Waals surface area contributed by atoms with E-state index in [2.05, 4.69) is 16.0 Å². The lowest BCUT2D eigenvalue weighted by atomic mass is 10.1. The van der Waals surface area contributed by atoms with Gasteiger partial charge in [0.2, 0.25) is 0 Å². The molecular weight excluding hydrogens is 317 g/mol. The average molecular weight is 332 g/mol. The van der Waals surface area contributed by atoms with Gasteiger partial charge >= 0.3 is 12.0 Å². The van der Waals surface area contributed by atoms with E-state index in [4.69, 9.17) is 28.3 Å². The SMILES string of the molecule is O=C(Nc1c(Cl)cc(C(=O)O)cc1Cl)NC1CCNCC1. The van der Waals surface area contributed by atoms with E-state index in [0.717, 1.165) is 25.9 Å². The fraction of sp³-hybridized carbons (Fsp3) is 0.385. The number of anilines is 1. The molecule has 1 fully saturated rings. The minimum absolute atomic E-state index is 0.0330. The number of rotatable bonds is 3. The normalized spacial score (nSPS) is 15.5. The monoisotopic (exact) mass is 331 g/mol. The predicted octanol–water partition coefficient (Wildman–Crippen LogP) is 2.57. The summed E-state index contributed by atoms with van der Waals surface area (Å²) in [5.74, 6) is -1.13. The van der Waals surface area contributed by atoms with Crippen molar-refractivity contribution in [3.63, 3.8) is 0 Å². The first kappa shape index (κ1) is 15.9. The molecule has 0 unspecified atom stereocenters. The molecule has 8 heteroatoms. The van der Waals surface area contributed by atoms with Crippen LogP contribution in [0.15, 0.2) is 12.1 Å². The van der Waals surface area contributed by atoms with Crippen LogP contribution in [-0.2, 0) is 0 Å². The highest BCUT2D eigenvalue weighted by molar-refractivity contribution is 6.40. The van der Waals surface area contributed by atoms with Crippen molar-refractivity contribution >= 4 is 40.9 Å². The Morgan fingerprint density at radius 1 is 1.19 bits per heavy atom. The van der Waals surface area contributed by atoms with E-state index in [0.29, 0.717) is 0 Å². The van der Waals surface area contributed by atoms with Gasteiger partial charge in [0, 0.05) is 6.04 Å². The fourth-order valence-electron chi connectivity index (χ4n) is 2.12. The molecule has 0 aliphatic carbocycles. The van der Waals surface area contributed by atoms with Gasteiger partial charge < -0.3 is 21.1 Å². The van der Waals surface area contributed by atoms with Crippen molar-refractivity contribution < 1.29 is 14.7 Å². The summed E-state index contributed by atoms with van der Waals surface area (Å²) in [5.41, 5.74) is 0.170. The Balaban J connectivity index is 2.04. The van der Waals surface area contributed by atoms with Crippen LogP contribution >= 0.6 is 23.2 Å². The largest absolute Gasteiger partial charge is 0.478 e. The number of carboxylic acids is 1. The molecule has 6 nitrogen and oxygen atoms in total. The average Bonchev–Trinajstić information content (AvgIpc) is 2.43. The van der Waals surface area contributed by atoms with Crippen molar-refractivity contribution in [3.8, 4) is 0 Å². The first-order valence-electron chi connectivity index (χ1n) is 6.48. The summed E-state index contributed by atoms with van der Waals surface area (Å²) < 4.78 is 0. The van der Waals surface area contributed by atoms with Crippen LogP contribution in [-0.4, -0.2) is 36.2 Å². The second-order valence-corrected chi connectivity index (χ2v) is 5.56. The third-order valence-corrected chi connectivity index (χ3v) is 3.80. The Hall–Kier alpha value is -1.50. The van der Waals surface area contributed by atoms with E-state index in [1.54, 1.807) is 0 Å². The van der Waals surface area contributed by atoms with Gasteiger partial charge in [-0.25, -0.2) is 9.59 Å². The van der Waals surface area contributed by atoms with E-state index in [9.17, 15) is 9.59 Å². The number of carboxylic acid groups (broad SMARTS) is 1. The van der Waals surface area contributed by atoms with Gasteiger partial charge in [-0.15, -0.1) is 0 Å². The first-order valence-corrected chi connectivity index (χ1v) is 7.23. The summed E-state index contributed by atoms with van der Waals surface area (Å²) in [6, 6.07) is 2.18. The molecule has 0 atom stereocenters. The minimum atomic E-state index is -1.13. The number of hydrogen-bond donors (Lipinski definition) is 4. The Kier molecular flexibility index (Phi) is 5.27. The molecule has 0 bridgehead atoms. The van der Waals surface area contributed by atoms with Gasteiger partial charge in [0.05, 0.1) is 21.3 Å². The second-order valence-electron chi connectivity index (χ2n) is 4.74. The molecule has 1 aliphatic rings. The zero-order valence-corrected chi connectivity index (χ0v) is 12.6. The Labute approximate surface area is 131 Å². The fourth-order valence-corrected chi connectivity index (χ4v) is 2.70. The predicted molar refractivity (Wildman–Crippen MR) is 81.5 cm³/mol. The molecule has 1 aliphatic heterocycles. The summed E-state index contributed by atoms with van der Waals surface area (Å²) >= 11 is 11.9. The van der Waals surface area contributed by atoms with Gasteiger partial charge in [-0.05, 0) is 38.1 Å². The third-order valence-electron chi connectivity index (χ3n) is 3.20. The quantitative estimate of drug-likeness (QED) is 0.685. The summed E-state index contributed by atoms with van der Waals surface area (Å²) in [6.07, 6.45) is 1.71. The van der Waals surface area contributed by atoms with Gasteiger partial charge in [0.25, 0.3) is 0 Å². The number of hydrogen-bond acceptors (Lipinski definition) is 3. The molecule has 0 saturated carbocycles. The Bertz CT molecular complexity index is 537. The molecule has 1 saturated heterocycles. The zero-order chi connectivity index (χ0) is 15.4. The van der Waals surface area contributed by atoms with Crippen LogP contribution in [0.2, 0.25) is 10.0 Å². The van der Waals surface area contributed by atoms with Crippen molar-refractivity contribution in [2.24, 2.45) is 0 Å². The molecule has 1 aromatic rings. The maximum absolute atomic E-state index is 11.9. The highest BCUT2D eigenvalue weighted by atomic mass is 35.5. The van der Waals surface area contributed by atoms with Gasteiger partial charge in [-0.1, -0.05) is 23.2 Å². The molecule has 2 amide bonds. The van der Waals surface area contributed by atoms with E-state index >= 15 is 0 Å². The number of benzene rings is 1.